The number of aryl methyl sites for hydroxylation is 2. The molecule has 3 heterocycles. The third-order valence-corrected chi connectivity index (χ3v) is 7.41. The number of ether oxygens (including phenoxy) is 2. The van der Waals surface area contributed by atoms with Crippen LogP contribution in [-0.4, -0.2) is 51.9 Å². The van der Waals surface area contributed by atoms with E-state index in [1.165, 1.54) is 11.1 Å². The van der Waals surface area contributed by atoms with Gasteiger partial charge >= 0.3 is 0 Å². The molecule has 0 radical (unpaired) electrons. The highest BCUT2D eigenvalue weighted by molar-refractivity contribution is 5.92. The van der Waals surface area contributed by atoms with Crippen molar-refractivity contribution in [3.05, 3.63) is 83.2 Å². The lowest BCUT2D eigenvalue weighted by atomic mass is 9.88. The fourth-order valence-electron chi connectivity index (χ4n) is 5.34. The van der Waals surface area contributed by atoms with Gasteiger partial charge in [-0.2, -0.15) is 5.10 Å². The van der Waals surface area contributed by atoms with Crippen LogP contribution in [-0.2, 0) is 24.9 Å². The number of rotatable bonds is 8. The van der Waals surface area contributed by atoms with Crippen molar-refractivity contribution in [1.82, 2.24) is 20.0 Å². The maximum Gasteiger partial charge on any atom is 0.269 e. The molecule has 3 aromatic rings. The summed E-state index contributed by atoms with van der Waals surface area (Å²) in [6, 6.07) is 20.5. The van der Waals surface area contributed by atoms with Gasteiger partial charge in [-0.1, -0.05) is 42.5 Å². The summed E-state index contributed by atoms with van der Waals surface area (Å²) in [4.78, 5) is 15.0. The summed E-state index contributed by atoms with van der Waals surface area (Å²) in [5.41, 5.74) is 3.87. The Labute approximate surface area is 213 Å². The monoisotopic (exact) mass is 488 g/mol. The zero-order chi connectivity index (χ0) is 25.0. The van der Waals surface area contributed by atoms with E-state index >= 15 is 0 Å². The van der Waals surface area contributed by atoms with Crippen LogP contribution in [0.25, 0.3) is 0 Å². The van der Waals surface area contributed by atoms with Gasteiger partial charge < -0.3 is 14.8 Å². The molecule has 1 atom stereocenters. The highest BCUT2D eigenvalue weighted by atomic mass is 16.5. The molecule has 7 heteroatoms. The van der Waals surface area contributed by atoms with E-state index in [9.17, 15) is 4.79 Å². The minimum atomic E-state index is -0.0889. The largest absolute Gasteiger partial charge is 0.489 e. The lowest BCUT2D eigenvalue weighted by molar-refractivity contribution is -0.0764. The Hall–Kier alpha value is -3.16. The smallest absolute Gasteiger partial charge is 0.269 e. The number of aromatic nitrogens is 2. The average Bonchev–Trinajstić information content (AvgIpc) is 3.46. The maximum absolute atomic E-state index is 12.5. The first-order valence-electron chi connectivity index (χ1n) is 12.9. The number of hydrogen-bond acceptors (Lipinski definition) is 5. The number of likely N-dealkylation sites (tertiary alicyclic amines) is 1. The fourth-order valence-corrected chi connectivity index (χ4v) is 5.34. The molecule has 0 saturated carbocycles. The van der Waals surface area contributed by atoms with Gasteiger partial charge in [-0.3, -0.25) is 14.4 Å². The third-order valence-electron chi connectivity index (χ3n) is 7.41. The first-order valence-corrected chi connectivity index (χ1v) is 12.9. The number of nitrogens with zero attached hydrogens (tertiary/aromatic N) is 3. The highest BCUT2D eigenvalue weighted by Crippen LogP contribution is 2.39. The summed E-state index contributed by atoms with van der Waals surface area (Å²) < 4.78 is 14.1. The molecule has 1 N–H and O–H groups in total. The van der Waals surface area contributed by atoms with Gasteiger partial charge in [0.1, 0.15) is 18.1 Å². The normalized spacial score (nSPS) is 19.4. The van der Waals surface area contributed by atoms with E-state index in [4.69, 9.17) is 9.47 Å². The van der Waals surface area contributed by atoms with Crippen molar-refractivity contribution in [3.8, 4) is 5.75 Å². The van der Waals surface area contributed by atoms with E-state index in [0.717, 1.165) is 56.8 Å². The molecule has 0 bridgehead atoms. The van der Waals surface area contributed by atoms with Crippen LogP contribution in [0.3, 0.4) is 0 Å². The molecule has 2 saturated heterocycles. The number of carbonyl (C=O) groups excluding carboxylic acids is 1. The molecule has 2 aromatic carbocycles. The SMILES string of the molecule is Cc1cc(C(=O)NCC2CCC3(CCN(Cc4ccc(OCc5ccccc5)cc4)CC3)O2)n(C)n1. The van der Waals surface area contributed by atoms with Gasteiger partial charge in [0.2, 0.25) is 0 Å². The Morgan fingerprint density at radius 1 is 1.08 bits per heavy atom. The van der Waals surface area contributed by atoms with Crippen molar-refractivity contribution >= 4 is 5.91 Å². The minimum Gasteiger partial charge on any atom is -0.489 e. The van der Waals surface area contributed by atoms with E-state index in [0.29, 0.717) is 18.8 Å². The standard InChI is InChI=1S/C29H36N4O3/c1-22-18-27(32(2)31-22)28(34)30-19-26-12-13-29(36-26)14-16-33(17-15-29)20-23-8-10-25(11-9-23)35-21-24-6-4-3-5-7-24/h3-11,18,26H,12-17,19-21H2,1-2H3,(H,30,34). The van der Waals surface area contributed by atoms with Crippen LogP contribution in [0.2, 0.25) is 0 Å². The summed E-state index contributed by atoms with van der Waals surface area (Å²) >= 11 is 0. The van der Waals surface area contributed by atoms with Crippen molar-refractivity contribution in [2.45, 2.75) is 57.5 Å². The zero-order valence-electron chi connectivity index (χ0n) is 21.3. The molecule has 1 amide bonds. The molecule has 190 valence electrons. The Balaban J connectivity index is 1.04. The molecule has 2 aliphatic heterocycles. The lowest BCUT2D eigenvalue weighted by Crippen LogP contribution is -2.44. The second-order valence-electron chi connectivity index (χ2n) is 10.2. The van der Waals surface area contributed by atoms with Gasteiger partial charge in [0.05, 0.1) is 17.4 Å². The second-order valence-corrected chi connectivity index (χ2v) is 10.2. The van der Waals surface area contributed by atoms with E-state index < -0.39 is 0 Å². The van der Waals surface area contributed by atoms with Crippen LogP contribution in [0.5, 0.6) is 5.75 Å². The molecule has 0 aliphatic carbocycles. The average molecular weight is 489 g/mol. The number of amides is 1. The van der Waals surface area contributed by atoms with E-state index in [1.54, 1.807) is 11.7 Å². The lowest BCUT2D eigenvalue weighted by Gasteiger charge is -2.39. The van der Waals surface area contributed by atoms with Crippen molar-refractivity contribution in [2.75, 3.05) is 19.6 Å². The first-order chi connectivity index (χ1) is 17.5. The molecule has 1 aromatic heterocycles. The van der Waals surface area contributed by atoms with Gasteiger partial charge in [-0.15, -0.1) is 0 Å². The molecule has 2 fully saturated rings. The summed E-state index contributed by atoms with van der Waals surface area (Å²) in [6.07, 6.45) is 4.22. The quantitative estimate of drug-likeness (QED) is 0.513. The molecule has 2 aliphatic rings. The number of nitrogens with one attached hydrogen (secondary N) is 1. The Kier molecular flexibility index (Phi) is 7.39. The van der Waals surface area contributed by atoms with Crippen LogP contribution >= 0.6 is 0 Å². The van der Waals surface area contributed by atoms with Gasteiger partial charge in [0.15, 0.2) is 0 Å². The molecule has 7 nitrogen and oxygen atoms in total. The van der Waals surface area contributed by atoms with E-state index in [1.807, 2.05) is 31.2 Å². The number of piperidine rings is 1. The first kappa shape index (κ1) is 24.5. The summed E-state index contributed by atoms with van der Waals surface area (Å²) in [6.45, 7) is 6.02. The number of benzene rings is 2. The van der Waals surface area contributed by atoms with Crippen molar-refractivity contribution in [3.63, 3.8) is 0 Å². The molecular formula is C29H36N4O3. The summed E-state index contributed by atoms with van der Waals surface area (Å²) in [5.74, 6) is 0.810. The molecule has 36 heavy (non-hydrogen) atoms. The predicted octanol–water partition coefficient (Wildman–Crippen LogP) is 4.25. The number of hydrogen-bond donors (Lipinski definition) is 1. The second kappa shape index (κ2) is 10.8. The van der Waals surface area contributed by atoms with E-state index in [-0.39, 0.29) is 17.6 Å². The predicted molar refractivity (Wildman–Crippen MR) is 139 cm³/mol. The number of carbonyl (C=O) groups is 1. The van der Waals surface area contributed by atoms with Crippen molar-refractivity contribution in [2.24, 2.45) is 7.05 Å². The van der Waals surface area contributed by atoms with Gasteiger partial charge in [0, 0.05) is 33.2 Å². The molecule has 1 spiro atoms. The maximum atomic E-state index is 12.5. The van der Waals surface area contributed by atoms with Crippen molar-refractivity contribution < 1.29 is 14.3 Å². The highest BCUT2D eigenvalue weighted by Gasteiger charge is 2.42. The van der Waals surface area contributed by atoms with Crippen LogP contribution in [0.1, 0.15) is 53.0 Å². The molecule has 5 rings (SSSR count). The summed E-state index contributed by atoms with van der Waals surface area (Å²) in [5, 5.41) is 7.29. The zero-order valence-corrected chi connectivity index (χ0v) is 21.3. The van der Waals surface area contributed by atoms with E-state index in [2.05, 4.69) is 51.7 Å². The van der Waals surface area contributed by atoms with Crippen LogP contribution in [0, 0.1) is 6.92 Å². The van der Waals surface area contributed by atoms with Gasteiger partial charge in [0.25, 0.3) is 5.91 Å². The Morgan fingerprint density at radius 3 is 2.53 bits per heavy atom. The minimum absolute atomic E-state index is 0.0376. The molecular weight excluding hydrogens is 452 g/mol. The summed E-state index contributed by atoms with van der Waals surface area (Å²) in [7, 11) is 1.80. The Morgan fingerprint density at radius 2 is 1.83 bits per heavy atom. The Bertz CT molecular complexity index is 1150. The van der Waals surface area contributed by atoms with Gasteiger partial charge in [-0.25, -0.2) is 0 Å². The molecule has 1 unspecified atom stereocenters. The fraction of sp³-hybridized carbons (Fsp3) is 0.448. The van der Waals surface area contributed by atoms with Crippen LogP contribution in [0.15, 0.2) is 60.7 Å². The topological polar surface area (TPSA) is 68.6 Å². The van der Waals surface area contributed by atoms with Crippen molar-refractivity contribution in [1.29, 1.82) is 0 Å². The van der Waals surface area contributed by atoms with Crippen LogP contribution in [0.4, 0.5) is 0 Å². The van der Waals surface area contributed by atoms with Crippen LogP contribution < -0.4 is 10.1 Å². The van der Waals surface area contributed by atoms with Gasteiger partial charge in [-0.05, 0) is 61.9 Å². The third kappa shape index (κ3) is 5.97.